The van der Waals surface area contributed by atoms with Crippen molar-refractivity contribution in [2.75, 3.05) is 11.9 Å². The van der Waals surface area contributed by atoms with E-state index in [4.69, 9.17) is 21.3 Å². The summed E-state index contributed by atoms with van der Waals surface area (Å²) in [6, 6.07) is 8.27. The number of thiazole rings is 1. The number of nitrogens with one attached hydrogen (secondary N) is 1. The fraction of sp³-hybridized carbons (Fsp3) is 0.429. The Morgan fingerprint density at radius 1 is 1.18 bits per heavy atom. The van der Waals surface area contributed by atoms with Crippen LogP contribution in [0.25, 0.3) is 21.4 Å². The minimum absolute atomic E-state index is 0.0261. The zero-order valence-corrected chi connectivity index (χ0v) is 20.0. The Morgan fingerprint density at radius 3 is 2.76 bits per heavy atom. The molecule has 4 aromatic rings. The smallest absolute Gasteiger partial charge is 0.226 e. The third-order valence-electron chi connectivity index (χ3n) is 6.24. The van der Waals surface area contributed by atoms with E-state index in [1.807, 2.05) is 18.2 Å². The molecule has 1 aromatic carbocycles. The molecule has 4 heterocycles. The Kier molecular flexibility index (Phi) is 5.84. The van der Waals surface area contributed by atoms with Crippen LogP contribution in [0.3, 0.4) is 0 Å². The summed E-state index contributed by atoms with van der Waals surface area (Å²) in [4.78, 5) is 17.8. The van der Waals surface area contributed by atoms with Gasteiger partial charge in [0, 0.05) is 11.3 Å². The Bertz CT molecular complexity index is 1320. The van der Waals surface area contributed by atoms with Crippen LogP contribution in [-0.4, -0.2) is 76.0 Å². The van der Waals surface area contributed by atoms with Gasteiger partial charge in [0.25, 0.3) is 0 Å². The molecule has 2 unspecified atom stereocenters. The van der Waals surface area contributed by atoms with Crippen molar-refractivity contribution in [3.05, 3.63) is 35.9 Å². The summed E-state index contributed by atoms with van der Waals surface area (Å²) in [7, 11) is 0. The summed E-state index contributed by atoms with van der Waals surface area (Å²) in [6.07, 6.45) is -0.837. The maximum absolute atomic E-state index is 10.4. The van der Waals surface area contributed by atoms with E-state index in [0.29, 0.717) is 22.2 Å². The van der Waals surface area contributed by atoms with Crippen LogP contribution < -0.4 is 5.32 Å². The molecule has 1 aliphatic heterocycles. The molecule has 0 bridgehead atoms. The summed E-state index contributed by atoms with van der Waals surface area (Å²) in [5.74, 6) is 0.500. The molecule has 0 amide bonds. The standard InChI is InChI=1S/C21H21ClN6O4S2/c22-20-26-17(14-18(27-20)28(8-23-14)19-16(31)15(30)11(7-29)32-19)24-10-5-6-13(10)34-21-25-9-3-1-2-4-12(9)33-21/h1-4,8,10-11,13,15-16,19,29-31H,5-7H2,(H,24,26,27)/t10?,11-,13?,15-,16-,19-/m1/s1. The lowest BCUT2D eigenvalue weighted by Crippen LogP contribution is -2.41. The van der Waals surface area contributed by atoms with Gasteiger partial charge < -0.3 is 25.4 Å². The van der Waals surface area contributed by atoms with E-state index < -0.39 is 31.1 Å². The van der Waals surface area contributed by atoms with Crippen molar-refractivity contribution in [1.29, 1.82) is 0 Å². The van der Waals surface area contributed by atoms with Crippen LogP contribution in [0.4, 0.5) is 5.82 Å². The lowest BCUT2D eigenvalue weighted by molar-refractivity contribution is -0.0511. The van der Waals surface area contributed by atoms with Crippen molar-refractivity contribution < 1.29 is 20.1 Å². The Hall–Kier alpha value is -2.06. The van der Waals surface area contributed by atoms with Crippen molar-refractivity contribution in [2.45, 2.75) is 53.0 Å². The summed E-state index contributed by atoms with van der Waals surface area (Å²) >= 11 is 9.68. The molecule has 2 fully saturated rings. The molecule has 13 heteroatoms. The fourth-order valence-electron chi connectivity index (χ4n) is 4.27. The molecular weight excluding hydrogens is 500 g/mol. The SMILES string of the molecule is OC[C@H]1O[C@@H](n2cnc3c(NC4CCC4Sc4nc5ccccc5s4)nc(Cl)nc32)[C@H](O)[C@@H]1O. The van der Waals surface area contributed by atoms with Crippen LogP contribution in [0, 0.1) is 0 Å². The number of aliphatic hydroxyl groups excluding tert-OH is 3. The van der Waals surface area contributed by atoms with Gasteiger partial charge in [-0.3, -0.25) is 4.57 Å². The highest BCUT2D eigenvalue weighted by atomic mass is 35.5. The zero-order valence-electron chi connectivity index (χ0n) is 17.7. The van der Waals surface area contributed by atoms with E-state index in [9.17, 15) is 15.3 Å². The number of benzene rings is 1. The number of hydrogen-bond donors (Lipinski definition) is 4. The number of halogens is 1. The summed E-state index contributed by atoms with van der Waals surface area (Å²) in [5.41, 5.74) is 1.86. The summed E-state index contributed by atoms with van der Waals surface area (Å²) < 4.78 is 9.35. The fourth-order valence-corrected chi connectivity index (χ4v) is 7.00. The molecule has 10 nitrogen and oxygen atoms in total. The Balaban J connectivity index is 1.24. The molecule has 3 aromatic heterocycles. The maximum atomic E-state index is 10.4. The number of aromatic nitrogens is 5. The molecule has 4 N–H and O–H groups in total. The quantitative estimate of drug-likeness (QED) is 0.280. The first-order chi connectivity index (χ1) is 16.5. The van der Waals surface area contributed by atoms with Crippen molar-refractivity contribution in [2.24, 2.45) is 0 Å². The Morgan fingerprint density at radius 2 is 2.03 bits per heavy atom. The van der Waals surface area contributed by atoms with Crippen LogP contribution in [0.15, 0.2) is 34.9 Å². The molecule has 0 spiro atoms. The Labute approximate surface area is 207 Å². The van der Waals surface area contributed by atoms with Gasteiger partial charge in [-0.25, -0.2) is 9.97 Å². The molecule has 1 saturated heterocycles. The van der Waals surface area contributed by atoms with Crippen molar-refractivity contribution in [3.8, 4) is 0 Å². The summed E-state index contributed by atoms with van der Waals surface area (Å²) in [5, 5.41) is 33.7. The normalized spacial score (nSPS) is 29.1. The molecule has 1 saturated carbocycles. The molecule has 1 aliphatic carbocycles. The predicted octanol–water partition coefficient (Wildman–Crippen LogP) is 2.44. The van der Waals surface area contributed by atoms with E-state index >= 15 is 0 Å². The second-order valence-electron chi connectivity index (χ2n) is 8.33. The number of nitrogens with zero attached hydrogens (tertiary/aromatic N) is 5. The number of rotatable bonds is 6. The lowest BCUT2D eigenvalue weighted by atomic mass is 9.92. The molecule has 0 radical (unpaired) electrons. The van der Waals surface area contributed by atoms with E-state index in [-0.39, 0.29) is 11.3 Å². The summed E-state index contributed by atoms with van der Waals surface area (Å²) in [6.45, 7) is -0.417. The minimum Gasteiger partial charge on any atom is -0.394 e. The first-order valence-electron chi connectivity index (χ1n) is 10.8. The number of anilines is 1. The van der Waals surface area contributed by atoms with E-state index in [0.717, 1.165) is 22.7 Å². The van der Waals surface area contributed by atoms with Gasteiger partial charge in [-0.05, 0) is 36.6 Å². The van der Waals surface area contributed by atoms with E-state index in [1.54, 1.807) is 23.1 Å². The zero-order chi connectivity index (χ0) is 23.4. The predicted molar refractivity (Wildman–Crippen MR) is 129 cm³/mol. The van der Waals surface area contributed by atoms with Crippen LogP contribution in [0.1, 0.15) is 19.1 Å². The van der Waals surface area contributed by atoms with Crippen LogP contribution in [0.5, 0.6) is 0 Å². The molecule has 2 aliphatic rings. The molecule has 6 atom stereocenters. The topological polar surface area (TPSA) is 138 Å². The lowest BCUT2D eigenvalue weighted by Gasteiger charge is -2.36. The molecule has 178 valence electrons. The highest BCUT2D eigenvalue weighted by Gasteiger charge is 2.44. The highest BCUT2D eigenvalue weighted by molar-refractivity contribution is 8.01. The van der Waals surface area contributed by atoms with Crippen molar-refractivity contribution in [1.82, 2.24) is 24.5 Å². The molecule has 6 rings (SSSR count). The average molecular weight is 521 g/mol. The van der Waals surface area contributed by atoms with Crippen LogP contribution >= 0.6 is 34.7 Å². The van der Waals surface area contributed by atoms with Gasteiger partial charge in [0.05, 0.1) is 23.2 Å². The van der Waals surface area contributed by atoms with Crippen molar-refractivity contribution >= 4 is 61.9 Å². The van der Waals surface area contributed by atoms with E-state index in [1.165, 1.54) is 15.6 Å². The van der Waals surface area contributed by atoms with Crippen molar-refractivity contribution in [3.63, 3.8) is 0 Å². The first-order valence-corrected chi connectivity index (χ1v) is 12.9. The molecule has 34 heavy (non-hydrogen) atoms. The van der Waals surface area contributed by atoms with E-state index in [2.05, 4.69) is 26.3 Å². The van der Waals surface area contributed by atoms with Crippen LogP contribution in [-0.2, 0) is 4.74 Å². The number of imidazole rings is 1. The minimum atomic E-state index is -1.25. The molecular formula is C21H21ClN6O4S2. The number of thioether (sulfide) groups is 1. The monoisotopic (exact) mass is 520 g/mol. The van der Waals surface area contributed by atoms with Gasteiger partial charge in [0.2, 0.25) is 5.28 Å². The number of aliphatic hydroxyl groups is 3. The first kappa shape index (κ1) is 22.4. The average Bonchev–Trinajstić information content (AvgIpc) is 3.50. The maximum Gasteiger partial charge on any atom is 0.226 e. The number of fused-ring (bicyclic) bond motifs is 2. The van der Waals surface area contributed by atoms with Gasteiger partial charge in [0.15, 0.2) is 27.5 Å². The van der Waals surface area contributed by atoms with Gasteiger partial charge >= 0.3 is 0 Å². The third kappa shape index (κ3) is 3.83. The number of ether oxygens (including phenoxy) is 1. The van der Waals surface area contributed by atoms with Gasteiger partial charge in [-0.1, -0.05) is 23.9 Å². The van der Waals surface area contributed by atoms with Gasteiger partial charge in [-0.15, -0.1) is 11.3 Å². The second kappa shape index (κ2) is 8.86. The number of hydrogen-bond acceptors (Lipinski definition) is 11. The number of para-hydroxylation sites is 1. The third-order valence-corrected chi connectivity index (χ3v) is 8.94. The van der Waals surface area contributed by atoms with Gasteiger partial charge in [0.1, 0.15) is 18.3 Å². The van der Waals surface area contributed by atoms with Crippen LogP contribution in [0.2, 0.25) is 5.28 Å². The highest BCUT2D eigenvalue weighted by Crippen LogP contribution is 2.41. The largest absolute Gasteiger partial charge is 0.394 e. The van der Waals surface area contributed by atoms with Gasteiger partial charge in [-0.2, -0.15) is 9.97 Å². The second-order valence-corrected chi connectivity index (χ2v) is 11.2.